The molecule has 0 aliphatic carbocycles. The summed E-state index contributed by atoms with van der Waals surface area (Å²) < 4.78 is 31.1. The molecule has 0 saturated carbocycles. The molecule has 162 valence electrons. The van der Waals surface area contributed by atoms with Crippen molar-refractivity contribution in [3.8, 4) is 5.75 Å². The number of hydrazone groups is 1. The van der Waals surface area contributed by atoms with Crippen molar-refractivity contribution < 1.29 is 13.2 Å². The van der Waals surface area contributed by atoms with Crippen molar-refractivity contribution in [2.75, 3.05) is 41.8 Å². The zero-order chi connectivity index (χ0) is 21.9. The molecule has 0 spiro atoms. The first kappa shape index (κ1) is 21.9. The Balaban J connectivity index is 1.85. The second-order valence-corrected chi connectivity index (χ2v) is 8.90. The highest BCUT2D eigenvalue weighted by Crippen LogP contribution is 2.32. The Labute approximate surface area is 180 Å². The van der Waals surface area contributed by atoms with Gasteiger partial charge in [-0.05, 0) is 26.0 Å². The quantitative estimate of drug-likeness (QED) is 0.557. The van der Waals surface area contributed by atoms with Gasteiger partial charge in [0.25, 0.3) is 0 Å². The van der Waals surface area contributed by atoms with Gasteiger partial charge in [0, 0.05) is 12.6 Å². The van der Waals surface area contributed by atoms with E-state index in [9.17, 15) is 8.42 Å². The molecule has 2 aromatic rings. The van der Waals surface area contributed by atoms with Crippen molar-refractivity contribution in [1.29, 1.82) is 0 Å². The summed E-state index contributed by atoms with van der Waals surface area (Å²) in [5.41, 5.74) is 1.71. The molecule has 2 heterocycles. The van der Waals surface area contributed by atoms with Crippen LogP contribution in [0.1, 0.15) is 13.8 Å². The number of rotatable bonds is 8. The summed E-state index contributed by atoms with van der Waals surface area (Å²) in [6.07, 6.45) is 2.55. The van der Waals surface area contributed by atoms with E-state index in [2.05, 4.69) is 30.4 Å². The molecule has 1 aromatic carbocycles. The molecule has 0 radical (unpaired) electrons. The highest BCUT2D eigenvalue weighted by molar-refractivity contribution is 7.92. The second-order valence-electron chi connectivity index (χ2n) is 6.74. The molecule has 12 heteroatoms. The van der Waals surface area contributed by atoms with Gasteiger partial charge in [-0.25, -0.2) is 13.4 Å². The van der Waals surface area contributed by atoms with E-state index < -0.39 is 10.0 Å². The van der Waals surface area contributed by atoms with E-state index in [1.165, 1.54) is 13.3 Å². The lowest BCUT2D eigenvalue weighted by Crippen LogP contribution is -2.31. The number of hydrogen-bond donors (Lipinski definition) is 3. The maximum atomic E-state index is 11.7. The van der Waals surface area contributed by atoms with Crippen LogP contribution in [0.2, 0.25) is 5.02 Å². The van der Waals surface area contributed by atoms with Crippen LogP contribution in [0.15, 0.2) is 29.5 Å². The molecule has 1 unspecified atom stereocenters. The number of likely N-dealkylation sites (N-methyl/N-ethyl adjacent to an activating group) is 1. The van der Waals surface area contributed by atoms with Gasteiger partial charge in [-0.3, -0.25) is 9.73 Å². The second kappa shape index (κ2) is 8.92. The van der Waals surface area contributed by atoms with Gasteiger partial charge in [-0.1, -0.05) is 11.6 Å². The molecule has 0 bridgehead atoms. The number of nitrogens with one attached hydrogen (secondary N) is 3. The number of ether oxygens (including phenoxy) is 1. The fourth-order valence-electron chi connectivity index (χ4n) is 2.88. The lowest BCUT2D eigenvalue weighted by atomic mass is 10.2. The lowest BCUT2D eigenvalue weighted by molar-refractivity contribution is 0.331. The molecule has 3 rings (SSSR count). The highest BCUT2D eigenvalue weighted by Gasteiger charge is 2.23. The van der Waals surface area contributed by atoms with E-state index in [1.807, 2.05) is 18.9 Å². The third-order valence-electron chi connectivity index (χ3n) is 4.38. The molecule has 1 aromatic heterocycles. The Hall–Kier alpha value is -2.79. The topological polar surface area (TPSA) is 121 Å². The highest BCUT2D eigenvalue weighted by atomic mass is 35.5. The van der Waals surface area contributed by atoms with E-state index in [-0.39, 0.29) is 11.1 Å². The number of sulfonamides is 1. The van der Waals surface area contributed by atoms with E-state index in [1.54, 1.807) is 18.2 Å². The number of halogens is 1. The zero-order valence-electron chi connectivity index (χ0n) is 17.1. The SMILES string of the molecule is CCN1CC(Nc2ncc(Cl)c(Nc3ccc(OC)cc3NS(C)(=O)=O)n2)C(C)=N1. The molecular weight excluding hydrogens is 430 g/mol. The van der Waals surface area contributed by atoms with Gasteiger partial charge in [0.15, 0.2) is 5.82 Å². The van der Waals surface area contributed by atoms with Crippen molar-refractivity contribution >= 4 is 50.5 Å². The monoisotopic (exact) mass is 453 g/mol. The van der Waals surface area contributed by atoms with E-state index >= 15 is 0 Å². The lowest BCUT2D eigenvalue weighted by Gasteiger charge is -2.17. The first-order valence-electron chi connectivity index (χ1n) is 9.20. The first-order chi connectivity index (χ1) is 14.2. The van der Waals surface area contributed by atoms with E-state index in [0.717, 1.165) is 25.1 Å². The third-order valence-corrected chi connectivity index (χ3v) is 5.25. The van der Waals surface area contributed by atoms with Crippen molar-refractivity contribution in [1.82, 2.24) is 15.0 Å². The van der Waals surface area contributed by atoms with Crippen LogP contribution in [0.5, 0.6) is 5.75 Å². The van der Waals surface area contributed by atoms with Gasteiger partial charge in [-0.2, -0.15) is 10.1 Å². The van der Waals surface area contributed by atoms with Gasteiger partial charge in [0.2, 0.25) is 16.0 Å². The fraction of sp³-hybridized carbons (Fsp3) is 0.389. The summed E-state index contributed by atoms with van der Waals surface area (Å²) >= 11 is 6.27. The van der Waals surface area contributed by atoms with Gasteiger partial charge < -0.3 is 15.4 Å². The minimum Gasteiger partial charge on any atom is -0.497 e. The Kier molecular flexibility index (Phi) is 6.52. The predicted molar refractivity (Wildman–Crippen MR) is 120 cm³/mol. The number of methoxy groups -OCH3 is 1. The van der Waals surface area contributed by atoms with Crippen molar-refractivity contribution in [2.24, 2.45) is 5.10 Å². The van der Waals surface area contributed by atoms with Gasteiger partial charge in [0.1, 0.15) is 10.8 Å². The fourth-order valence-corrected chi connectivity index (χ4v) is 3.58. The third kappa shape index (κ3) is 5.42. The number of hydrogen-bond acceptors (Lipinski definition) is 9. The van der Waals surface area contributed by atoms with Crippen LogP contribution < -0.4 is 20.1 Å². The van der Waals surface area contributed by atoms with Crippen LogP contribution in [0, 0.1) is 0 Å². The Bertz CT molecular complexity index is 1060. The predicted octanol–water partition coefficient (Wildman–Crippen LogP) is 2.75. The number of anilines is 4. The molecule has 0 fully saturated rings. The molecule has 0 amide bonds. The van der Waals surface area contributed by atoms with Crippen LogP contribution >= 0.6 is 11.6 Å². The Morgan fingerprint density at radius 2 is 2.10 bits per heavy atom. The average Bonchev–Trinajstić information content (AvgIpc) is 3.04. The molecule has 0 saturated heterocycles. The average molecular weight is 454 g/mol. The Morgan fingerprint density at radius 3 is 2.73 bits per heavy atom. The molecule has 10 nitrogen and oxygen atoms in total. The minimum atomic E-state index is -3.51. The normalized spacial score (nSPS) is 16.2. The van der Waals surface area contributed by atoms with E-state index in [4.69, 9.17) is 16.3 Å². The summed E-state index contributed by atoms with van der Waals surface area (Å²) in [7, 11) is -2.01. The van der Waals surface area contributed by atoms with E-state index in [0.29, 0.717) is 28.9 Å². The number of benzene rings is 1. The van der Waals surface area contributed by atoms with Crippen molar-refractivity contribution in [2.45, 2.75) is 19.9 Å². The number of nitrogens with zero attached hydrogens (tertiary/aromatic N) is 4. The molecule has 1 atom stereocenters. The minimum absolute atomic E-state index is 0.0116. The smallest absolute Gasteiger partial charge is 0.229 e. The molecule has 1 aliphatic rings. The van der Waals surface area contributed by atoms with Crippen LogP contribution in [-0.2, 0) is 10.0 Å². The van der Waals surface area contributed by atoms with Crippen molar-refractivity contribution in [3.63, 3.8) is 0 Å². The van der Waals surface area contributed by atoms with Crippen LogP contribution in [0.3, 0.4) is 0 Å². The maximum absolute atomic E-state index is 11.7. The molecule has 30 heavy (non-hydrogen) atoms. The van der Waals surface area contributed by atoms with Crippen LogP contribution in [0.25, 0.3) is 0 Å². The summed E-state index contributed by atoms with van der Waals surface area (Å²) in [6.45, 7) is 5.52. The number of aromatic nitrogens is 2. The van der Waals surface area contributed by atoms with Crippen LogP contribution in [0.4, 0.5) is 23.1 Å². The summed E-state index contributed by atoms with van der Waals surface area (Å²) in [4.78, 5) is 8.69. The van der Waals surface area contributed by atoms with Crippen molar-refractivity contribution in [3.05, 3.63) is 29.4 Å². The molecule has 3 N–H and O–H groups in total. The van der Waals surface area contributed by atoms with Gasteiger partial charge in [0.05, 0.1) is 49.2 Å². The zero-order valence-corrected chi connectivity index (χ0v) is 18.7. The summed E-state index contributed by atoms with van der Waals surface area (Å²) in [5, 5.41) is 13.0. The molecular formula is C18H24ClN7O3S. The van der Waals surface area contributed by atoms with Crippen LogP contribution in [-0.4, -0.2) is 61.6 Å². The summed E-state index contributed by atoms with van der Waals surface area (Å²) in [5.74, 6) is 1.21. The largest absolute Gasteiger partial charge is 0.497 e. The van der Waals surface area contributed by atoms with Gasteiger partial charge >= 0.3 is 0 Å². The first-order valence-corrected chi connectivity index (χ1v) is 11.5. The Morgan fingerprint density at radius 1 is 1.33 bits per heavy atom. The summed E-state index contributed by atoms with van der Waals surface area (Å²) in [6, 6.07) is 4.92. The standard InChI is InChI=1S/C18H24ClN7O3S/c1-5-26-10-16(11(2)24-26)22-18-20-9-13(19)17(23-18)21-14-7-6-12(29-3)8-15(14)25-30(4,27)28/h6-9,16,25H,5,10H2,1-4H3,(H2,20,21,22,23). The van der Waals surface area contributed by atoms with Gasteiger partial charge in [-0.15, -0.1) is 0 Å². The maximum Gasteiger partial charge on any atom is 0.229 e. The molecule has 1 aliphatic heterocycles.